The first kappa shape index (κ1) is 22.3. The molecule has 3 amide bonds. The van der Waals surface area contributed by atoms with E-state index in [4.69, 9.17) is 4.74 Å². The maximum absolute atomic E-state index is 12.9. The van der Waals surface area contributed by atoms with Crippen LogP contribution in [0.5, 0.6) is 5.75 Å². The second kappa shape index (κ2) is 10.6. The van der Waals surface area contributed by atoms with E-state index >= 15 is 0 Å². The molecular weight excluding hydrogens is 394 g/mol. The average molecular weight is 424 g/mol. The SMILES string of the molecule is COc1ccc(C(CC(=O)NC(Cc2ccccc2)C(=O)NC2CC2)NC(C)=O)cc1. The molecule has 31 heavy (non-hydrogen) atoms. The summed E-state index contributed by atoms with van der Waals surface area (Å²) in [6.45, 7) is 1.41. The van der Waals surface area contributed by atoms with Crippen molar-refractivity contribution >= 4 is 17.7 Å². The molecule has 7 heteroatoms. The van der Waals surface area contributed by atoms with E-state index in [2.05, 4.69) is 16.0 Å². The summed E-state index contributed by atoms with van der Waals surface area (Å²) >= 11 is 0. The molecule has 3 N–H and O–H groups in total. The van der Waals surface area contributed by atoms with Crippen LogP contribution in [0.1, 0.15) is 43.4 Å². The van der Waals surface area contributed by atoms with E-state index in [1.54, 1.807) is 19.2 Å². The molecule has 0 saturated heterocycles. The van der Waals surface area contributed by atoms with Crippen molar-refractivity contribution in [3.8, 4) is 5.75 Å². The molecule has 0 heterocycles. The molecule has 1 fully saturated rings. The Morgan fingerprint density at radius 2 is 1.68 bits per heavy atom. The largest absolute Gasteiger partial charge is 0.497 e. The van der Waals surface area contributed by atoms with Crippen LogP contribution in [0.15, 0.2) is 54.6 Å². The molecule has 3 rings (SSSR count). The van der Waals surface area contributed by atoms with Crippen LogP contribution in [-0.2, 0) is 20.8 Å². The van der Waals surface area contributed by atoms with Gasteiger partial charge in [-0.3, -0.25) is 14.4 Å². The minimum absolute atomic E-state index is 0.0217. The van der Waals surface area contributed by atoms with Crippen LogP contribution in [0.25, 0.3) is 0 Å². The van der Waals surface area contributed by atoms with E-state index < -0.39 is 12.1 Å². The number of ether oxygens (including phenoxy) is 1. The molecule has 2 aromatic rings. The number of hydrogen-bond acceptors (Lipinski definition) is 4. The minimum atomic E-state index is -0.677. The standard InChI is InChI=1S/C24H29N3O4/c1-16(28)25-21(18-8-12-20(31-2)13-9-18)15-23(29)27-22(24(30)26-19-10-11-19)14-17-6-4-3-5-7-17/h3-9,12-13,19,21-22H,10-11,14-15H2,1-2H3,(H,25,28)(H,26,30)(H,27,29). The van der Waals surface area contributed by atoms with Crippen LogP contribution in [0.2, 0.25) is 0 Å². The number of methoxy groups -OCH3 is 1. The van der Waals surface area contributed by atoms with E-state index in [1.165, 1.54) is 6.92 Å². The first-order valence-corrected chi connectivity index (χ1v) is 10.5. The van der Waals surface area contributed by atoms with E-state index in [9.17, 15) is 14.4 Å². The zero-order chi connectivity index (χ0) is 22.2. The van der Waals surface area contributed by atoms with Crippen molar-refractivity contribution < 1.29 is 19.1 Å². The smallest absolute Gasteiger partial charge is 0.243 e. The normalized spacial score (nSPS) is 14.8. The molecule has 7 nitrogen and oxygen atoms in total. The first-order valence-electron chi connectivity index (χ1n) is 10.5. The summed E-state index contributed by atoms with van der Waals surface area (Å²) in [7, 11) is 1.58. The Kier molecular flexibility index (Phi) is 7.65. The molecule has 0 aliphatic heterocycles. The second-order valence-corrected chi connectivity index (χ2v) is 7.82. The van der Waals surface area contributed by atoms with Gasteiger partial charge in [-0.05, 0) is 36.1 Å². The quantitative estimate of drug-likeness (QED) is 0.546. The molecule has 2 unspecified atom stereocenters. The summed E-state index contributed by atoms with van der Waals surface area (Å²) < 4.78 is 5.17. The highest BCUT2D eigenvalue weighted by molar-refractivity contribution is 5.88. The number of rotatable bonds is 10. The third-order valence-corrected chi connectivity index (χ3v) is 5.14. The Hall–Kier alpha value is -3.35. The van der Waals surface area contributed by atoms with Crippen molar-refractivity contribution in [1.82, 2.24) is 16.0 Å². The van der Waals surface area contributed by atoms with Gasteiger partial charge in [0.15, 0.2) is 0 Å². The van der Waals surface area contributed by atoms with Crippen LogP contribution in [0, 0.1) is 0 Å². The third kappa shape index (κ3) is 7.13. The lowest BCUT2D eigenvalue weighted by Gasteiger charge is -2.22. The van der Waals surface area contributed by atoms with E-state index in [0.29, 0.717) is 12.2 Å². The van der Waals surface area contributed by atoms with Crippen LogP contribution in [0.4, 0.5) is 0 Å². The van der Waals surface area contributed by atoms with Gasteiger partial charge in [-0.15, -0.1) is 0 Å². The van der Waals surface area contributed by atoms with Crippen molar-refractivity contribution in [1.29, 1.82) is 0 Å². The predicted octanol–water partition coefficient (Wildman–Crippen LogP) is 2.27. The van der Waals surface area contributed by atoms with Crippen molar-refractivity contribution in [3.63, 3.8) is 0 Å². The number of benzene rings is 2. The van der Waals surface area contributed by atoms with Gasteiger partial charge in [-0.25, -0.2) is 0 Å². The van der Waals surface area contributed by atoms with Crippen molar-refractivity contribution in [2.45, 2.75) is 50.7 Å². The van der Waals surface area contributed by atoms with Crippen molar-refractivity contribution in [2.75, 3.05) is 7.11 Å². The highest BCUT2D eigenvalue weighted by Crippen LogP contribution is 2.21. The molecule has 0 spiro atoms. The topological polar surface area (TPSA) is 96.5 Å². The number of carbonyl (C=O) groups excluding carboxylic acids is 3. The fraction of sp³-hybridized carbons (Fsp3) is 0.375. The maximum Gasteiger partial charge on any atom is 0.243 e. The molecule has 2 atom stereocenters. The Morgan fingerprint density at radius 1 is 1.00 bits per heavy atom. The monoisotopic (exact) mass is 423 g/mol. The fourth-order valence-corrected chi connectivity index (χ4v) is 3.36. The number of carbonyl (C=O) groups is 3. The van der Waals surface area contributed by atoms with Crippen molar-refractivity contribution in [3.05, 3.63) is 65.7 Å². The zero-order valence-electron chi connectivity index (χ0n) is 17.9. The number of nitrogens with one attached hydrogen (secondary N) is 3. The van der Waals surface area contributed by atoms with Crippen LogP contribution < -0.4 is 20.7 Å². The van der Waals surface area contributed by atoms with Crippen LogP contribution in [0.3, 0.4) is 0 Å². The van der Waals surface area contributed by atoms with Gasteiger partial charge in [-0.1, -0.05) is 42.5 Å². The lowest BCUT2D eigenvalue weighted by molar-refractivity contribution is -0.129. The molecule has 1 aliphatic carbocycles. The highest BCUT2D eigenvalue weighted by atomic mass is 16.5. The van der Waals surface area contributed by atoms with Crippen LogP contribution >= 0.6 is 0 Å². The maximum atomic E-state index is 12.9. The molecule has 164 valence electrons. The predicted molar refractivity (Wildman–Crippen MR) is 117 cm³/mol. The van der Waals surface area contributed by atoms with Crippen molar-refractivity contribution in [2.24, 2.45) is 0 Å². The Bertz CT molecular complexity index is 895. The van der Waals surface area contributed by atoms with Gasteiger partial charge in [0.25, 0.3) is 0 Å². The lowest BCUT2D eigenvalue weighted by atomic mass is 10.0. The second-order valence-electron chi connectivity index (χ2n) is 7.82. The molecular formula is C24H29N3O4. The number of hydrogen-bond donors (Lipinski definition) is 3. The molecule has 0 radical (unpaired) electrons. The number of amides is 3. The Morgan fingerprint density at radius 3 is 2.26 bits per heavy atom. The molecule has 0 bridgehead atoms. The summed E-state index contributed by atoms with van der Waals surface area (Å²) in [5.41, 5.74) is 1.75. The van der Waals surface area contributed by atoms with Gasteiger partial charge in [0, 0.05) is 19.4 Å². The molecule has 2 aromatic carbocycles. The van der Waals surface area contributed by atoms with E-state index in [1.807, 2.05) is 42.5 Å². The van der Waals surface area contributed by atoms with Gasteiger partial charge in [0.2, 0.25) is 17.7 Å². The fourth-order valence-electron chi connectivity index (χ4n) is 3.36. The van der Waals surface area contributed by atoms with Gasteiger partial charge >= 0.3 is 0 Å². The first-order chi connectivity index (χ1) is 14.9. The van der Waals surface area contributed by atoms with Gasteiger partial charge in [0.1, 0.15) is 11.8 Å². The Balaban J connectivity index is 1.69. The molecule has 1 saturated carbocycles. The summed E-state index contributed by atoms with van der Waals surface area (Å²) in [4.78, 5) is 37.3. The van der Waals surface area contributed by atoms with Gasteiger partial charge in [-0.2, -0.15) is 0 Å². The average Bonchev–Trinajstić information content (AvgIpc) is 3.57. The highest BCUT2D eigenvalue weighted by Gasteiger charge is 2.29. The molecule has 0 aromatic heterocycles. The lowest BCUT2D eigenvalue weighted by Crippen LogP contribution is -2.49. The summed E-state index contributed by atoms with van der Waals surface area (Å²) in [5.74, 6) is -0.0305. The summed E-state index contributed by atoms with van der Waals surface area (Å²) in [5, 5.41) is 8.66. The van der Waals surface area contributed by atoms with Crippen LogP contribution in [-0.4, -0.2) is 36.9 Å². The van der Waals surface area contributed by atoms with Gasteiger partial charge in [0.05, 0.1) is 19.6 Å². The van der Waals surface area contributed by atoms with Gasteiger partial charge < -0.3 is 20.7 Å². The summed E-state index contributed by atoms with van der Waals surface area (Å²) in [6, 6.07) is 15.8. The Labute approximate surface area is 182 Å². The minimum Gasteiger partial charge on any atom is -0.497 e. The van der Waals surface area contributed by atoms with E-state index in [-0.39, 0.29) is 30.2 Å². The van der Waals surface area contributed by atoms with E-state index in [0.717, 1.165) is 24.0 Å². The zero-order valence-corrected chi connectivity index (χ0v) is 17.9. The summed E-state index contributed by atoms with van der Waals surface area (Å²) in [6.07, 6.45) is 2.37. The third-order valence-electron chi connectivity index (χ3n) is 5.14. The molecule has 1 aliphatic rings.